The number of hydrogen-bond donors (Lipinski definition) is 0. The van der Waals surface area contributed by atoms with E-state index in [0.717, 1.165) is 18.3 Å². The molecule has 0 amide bonds. The van der Waals surface area contributed by atoms with E-state index >= 15 is 0 Å². The SMILES string of the molecule is O=C(/C=C/Cl)CC1CC2CCC1C2. The van der Waals surface area contributed by atoms with Gasteiger partial charge in [0.15, 0.2) is 5.78 Å². The number of hydrogen-bond acceptors (Lipinski definition) is 1. The van der Waals surface area contributed by atoms with E-state index in [4.69, 9.17) is 11.6 Å². The van der Waals surface area contributed by atoms with Crippen molar-refractivity contribution in [2.75, 3.05) is 0 Å². The number of fused-ring (bicyclic) bond motifs is 2. The number of carbonyl (C=O) groups excluding carboxylic acids is 1. The van der Waals surface area contributed by atoms with Gasteiger partial charge in [0.2, 0.25) is 0 Å². The van der Waals surface area contributed by atoms with E-state index in [-0.39, 0.29) is 5.78 Å². The lowest BCUT2D eigenvalue weighted by Gasteiger charge is -2.19. The van der Waals surface area contributed by atoms with Gasteiger partial charge in [-0.1, -0.05) is 18.0 Å². The van der Waals surface area contributed by atoms with Gasteiger partial charge in [-0.25, -0.2) is 0 Å². The Labute approximate surface area is 84.2 Å². The first-order valence-corrected chi connectivity index (χ1v) is 5.53. The van der Waals surface area contributed by atoms with E-state index in [9.17, 15) is 4.79 Å². The van der Waals surface area contributed by atoms with Crippen LogP contribution in [0.3, 0.4) is 0 Å². The van der Waals surface area contributed by atoms with Gasteiger partial charge in [0, 0.05) is 12.0 Å². The van der Waals surface area contributed by atoms with Crippen LogP contribution >= 0.6 is 11.6 Å². The average Bonchev–Trinajstić information content (AvgIpc) is 2.65. The zero-order chi connectivity index (χ0) is 9.26. The molecule has 2 bridgehead atoms. The fraction of sp³-hybridized carbons (Fsp3) is 0.727. The minimum absolute atomic E-state index is 0.201. The molecule has 3 unspecified atom stereocenters. The summed E-state index contributed by atoms with van der Waals surface area (Å²) in [6, 6.07) is 0. The topological polar surface area (TPSA) is 17.1 Å². The van der Waals surface area contributed by atoms with Gasteiger partial charge in [-0.15, -0.1) is 0 Å². The molecule has 1 nitrogen and oxygen atoms in total. The van der Waals surface area contributed by atoms with Gasteiger partial charge in [0.1, 0.15) is 0 Å². The van der Waals surface area contributed by atoms with Crippen LogP contribution in [0.5, 0.6) is 0 Å². The molecular formula is C11H15ClO. The molecule has 0 aromatic rings. The summed E-state index contributed by atoms with van der Waals surface area (Å²) >= 11 is 5.36. The Morgan fingerprint density at radius 3 is 2.77 bits per heavy atom. The molecule has 2 aliphatic carbocycles. The summed E-state index contributed by atoms with van der Waals surface area (Å²) in [6.45, 7) is 0. The third-order valence-electron chi connectivity index (χ3n) is 3.60. The zero-order valence-electron chi connectivity index (χ0n) is 7.71. The smallest absolute Gasteiger partial charge is 0.156 e. The number of allylic oxidation sites excluding steroid dienone is 1. The molecule has 0 saturated heterocycles. The van der Waals surface area contributed by atoms with Crippen molar-refractivity contribution >= 4 is 17.4 Å². The highest BCUT2D eigenvalue weighted by molar-refractivity contribution is 6.26. The van der Waals surface area contributed by atoms with E-state index in [2.05, 4.69) is 0 Å². The Balaban J connectivity index is 1.86. The molecule has 2 saturated carbocycles. The second kappa shape index (κ2) is 3.83. The number of rotatable bonds is 3. The monoisotopic (exact) mass is 198 g/mol. The van der Waals surface area contributed by atoms with Gasteiger partial charge in [-0.05, 0) is 43.1 Å². The predicted molar refractivity (Wildman–Crippen MR) is 53.6 cm³/mol. The minimum Gasteiger partial charge on any atom is -0.295 e. The first-order valence-electron chi connectivity index (χ1n) is 5.09. The van der Waals surface area contributed by atoms with Crippen LogP contribution in [0.15, 0.2) is 11.6 Å². The minimum atomic E-state index is 0.201. The normalized spacial score (nSPS) is 37.5. The Morgan fingerprint density at radius 1 is 1.38 bits per heavy atom. The van der Waals surface area contributed by atoms with Crippen LogP contribution in [0.2, 0.25) is 0 Å². The number of ketones is 1. The summed E-state index contributed by atoms with van der Waals surface area (Å²) in [6.07, 6.45) is 7.64. The molecule has 0 aromatic carbocycles. The first kappa shape index (κ1) is 9.26. The maximum Gasteiger partial charge on any atom is 0.156 e. The predicted octanol–water partition coefficient (Wildman–Crippen LogP) is 3.13. The molecule has 0 spiro atoms. The lowest BCUT2D eigenvalue weighted by Crippen LogP contribution is -2.13. The van der Waals surface area contributed by atoms with E-state index < -0.39 is 0 Å². The molecule has 2 fully saturated rings. The maximum atomic E-state index is 11.3. The molecule has 0 N–H and O–H groups in total. The van der Waals surface area contributed by atoms with Crippen LogP contribution in [0, 0.1) is 17.8 Å². The van der Waals surface area contributed by atoms with Crippen molar-refractivity contribution in [2.45, 2.75) is 32.1 Å². The summed E-state index contributed by atoms with van der Waals surface area (Å²) in [5.74, 6) is 2.65. The van der Waals surface area contributed by atoms with Crippen molar-refractivity contribution < 1.29 is 4.79 Å². The number of halogens is 1. The molecule has 2 rings (SSSR count). The van der Waals surface area contributed by atoms with Crippen LogP contribution in [-0.2, 0) is 4.79 Å². The van der Waals surface area contributed by atoms with Crippen molar-refractivity contribution in [1.29, 1.82) is 0 Å². The summed E-state index contributed by atoms with van der Waals surface area (Å²) in [7, 11) is 0. The Bertz CT molecular complexity index is 234. The molecule has 72 valence electrons. The first-order chi connectivity index (χ1) is 6.29. The highest BCUT2D eigenvalue weighted by Crippen LogP contribution is 2.49. The Hall–Kier alpha value is -0.300. The van der Waals surface area contributed by atoms with Crippen molar-refractivity contribution in [3.63, 3.8) is 0 Å². The van der Waals surface area contributed by atoms with Crippen LogP contribution in [0.4, 0.5) is 0 Å². The fourth-order valence-electron chi connectivity index (χ4n) is 3.02. The van der Waals surface area contributed by atoms with Gasteiger partial charge in [0.25, 0.3) is 0 Å². The standard InChI is InChI=1S/C11H15ClO/c12-4-3-11(13)7-10-6-8-1-2-9(10)5-8/h3-4,8-10H,1-2,5-7H2/b4-3+. The van der Waals surface area contributed by atoms with Gasteiger partial charge in [-0.2, -0.15) is 0 Å². The summed E-state index contributed by atoms with van der Waals surface area (Å²) in [5.41, 5.74) is 1.33. The van der Waals surface area contributed by atoms with E-state index in [0.29, 0.717) is 5.92 Å². The summed E-state index contributed by atoms with van der Waals surface area (Å²) in [4.78, 5) is 11.3. The molecule has 0 heterocycles. The molecular weight excluding hydrogens is 184 g/mol. The van der Waals surface area contributed by atoms with Crippen LogP contribution in [0.25, 0.3) is 0 Å². The molecule has 13 heavy (non-hydrogen) atoms. The van der Waals surface area contributed by atoms with Gasteiger partial charge in [-0.3, -0.25) is 4.79 Å². The van der Waals surface area contributed by atoms with Crippen molar-refractivity contribution in [2.24, 2.45) is 17.8 Å². The molecule has 0 aromatic heterocycles. The van der Waals surface area contributed by atoms with Gasteiger partial charge < -0.3 is 0 Å². The number of carbonyl (C=O) groups is 1. The fourth-order valence-corrected chi connectivity index (χ4v) is 3.16. The van der Waals surface area contributed by atoms with Crippen molar-refractivity contribution in [1.82, 2.24) is 0 Å². The van der Waals surface area contributed by atoms with E-state index in [1.54, 1.807) is 0 Å². The van der Waals surface area contributed by atoms with Crippen LogP contribution in [0.1, 0.15) is 32.1 Å². The summed E-state index contributed by atoms with van der Waals surface area (Å²) in [5, 5.41) is 0. The van der Waals surface area contributed by atoms with E-state index in [1.165, 1.54) is 37.3 Å². The Morgan fingerprint density at radius 2 is 2.23 bits per heavy atom. The lowest BCUT2D eigenvalue weighted by atomic mass is 9.85. The Kier molecular flexibility index (Phi) is 2.73. The van der Waals surface area contributed by atoms with E-state index in [1.807, 2.05) is 0 Å². The largest absolute Gasteiger partial charge is 0.295 e. The van der Waals surface area contributed by atoms with Crippen molar-refractivity contribution in [3.8, 4) is 0 Å². The third-order valence-corrected chi connectivity index (χ3v) is 3.72. The van der Waals surface area contributed by atoms with Crippen molar-refractivity contribution in [3.05, 3.63) is 11.6 Å². The third kappa shape index (κ3) is 1.96. The second-order valence-corrected chi connectivity index (χ2v) is 4.65. The molecule has 3 atom stereocenters. The van der Waals surface area contributed by atoms with Crippen LogP contribution < -0.4 is 0 Å². The van der Waals surface area contributed by atoms with Gasteiger partial charge >= 0.3 is 0 Å². The lowest BCUT2D eigenvalue weighted by molar-refractivity contribution is -0.115. The molecule has 0 aliphatic heterocycles. The van der Waals surface area contributed by atoms with Gasteiger partial charge in [0.05, 0.1) is 0 Å². The zero-order valence-corrected chi connectivity index (χ0v) is 8.46. The second-order valence-electron chi connectivity index (χ2n) is 4.40. The average molecular weight is 199 g/mol. The highest BCUT2D eigenvalue weighted by atomic mass is 35.5. The quantitative estimate of drug-likeness (QED) is 0.637. The molecule has 2 heteroatoms. The molecule has 2 aliphatic rings. The van der Waals surface area contributed by atoms with Crippen LogP contribution in [-0.4, -0.2) is 5.78 Å². The maximum absolute atomic E-state index is 11.3. The highest BCUT2D eigenvalue weighted by Gasteiger charge is 2.39. The molecule has 0 radical (unpaired) electrons. The summed E-state index contributed by atoms with van der Waals surface area (Å²) < 4.78 is 0.